The summed E-state index contributed by atoms with van der Waals surface area (Å²) in [6, 6.07) is 20.0. The lowest BCUT2D eigenvalue weighted by Gasteiger charge is -2.27. The first-order valence-corrected chi connectivity index (χ1v) is 9.05. The molecule has 6 heteroatoms. The normalized spacial score (nSPS) is 14.0. The van der Waals surface area contributed by atoms with Gasteiger partial charge < -0.3 is 19.7 Å². The van der Waals surface area contributed by atoms with Crippen molar-refractivity contribution in [3.05, 3.63) is 72.6 Å². The van der Waals surface area contributed by atoms with Gasteiger partial charge in [-0.05, 0) is 29.8 Å². The number of rotatable bonds is 6. The Morgan fingerprint density at radius 2 is 1.74 bits per heavy atom. The highest BCUT2D eigenvalue weighted by atomic mass is 16.5. The molecule has 0 amide bonds. The van der Waals surface area contributed by atoms with Gasteiger partial charge in [0, 0.05) is 24.8 Å². The minimum atomic E-state index is 0.558. The second kappa shape index (κ2) is 8.51. The SMILES string of the molecule is c1ccc(COc2ccc(Nc3cc(N4CCOCC4)ncn3)cc2)cc1. The summed E-state index contributed by atoms with van der Waals surface area (Å²) in [5, 5.41) is 3.32. The number of hydrogen-bond donors (Lipinski definition) is 1. The van der Waals surface area contributed by atoms with Gasteiger partial charge in [-0.2, -0.15) is 0 Å². The molecule has 3 aromatic rings. The fraction of sp³-hybridized carbons (Fsp3) is 0.238. The Balaban J connectivity index is 1.37. The third-order valence-electron chi connectivity index (χ3n) is 4.36. The maximum atomic E-state index is 5.82. The first kappa shape index (κ1) is 17.3. The van der Waals surface area contributed by atoms with E-state index in [1.54, 1.807) is 6.33 Å². The maximum Gasteiger partial charge on any atom is 0.135 e. The molecule has 6 nitrogen and oxygen atoms in total. The lowest BCUT2D eigenvalue weighted by molar-refractivity contribution is 0.122. The molecular weight excluding hydrogens is 340 g/mol. The van der Waals surface area contributed by atoms with Crippen molar-refractivity contribution >= 4 is 17.3 Å². The third kappa shape index (κ3) is 4.74. The van der Waals surface area contributed by atoms with Crippen LogP contribution in [0.3, 0.4) is 0 Å². The topological polar surface area (TPSA) is 59.5 Å². The van der Waals surface area contributed by atoms with E-state index in [2.05, 4.69) is 32.3 Å². The molecule has 1 aromatic heterocycles. The van der Waals surface area contributed by atoms with Gasteiger partial charge in [0.05, 0.1) is 13.2 Å². The summed E-state index contributed by atoms with van der Waals surface area (Å²) >= 11 is 0. The zero-order valence-electron chi connectivity index (χ0n) is 15.0. The minimum Gasteiger partial charge on any atom is -0.489 e. The van der Waals surface area contributed by atoms with E-state index < -0.39 is 0 Å². The molecule has 1 aliphatic rings. The predicted octanol–water partition coefficient (Wildman–Crippen LogP) is 3.64. The number of aromatic nitrogens is 2. The van der Waals surface area contributed by atoms with Gasteiger partial charge in [0.25, 0.3) is 0 Å². The Bertz CT molecular complexity index is 850. The van der Waals surface area contributed by atoms with Crippen LogP contribution in [0.15, 0.2) is 67.0 Å². The number of ether oxygens (including phenoxy) is 2. The van der Waals surface area contributed by atoms with Crippen LogP contribution in [0.2, 0.25) is 0 Å². The van der Waals surface area contributed by atoms with E-state index in [-0.39, 0.29) is 0 Å². The Hall–Kier alpha value is -3.12. The Kier molecular flexibility index (Phi) is 5.45. The van der Waals surface area contributed by atoms with Crippen LogP contribution in [0.4, 0.5) is 17.3 Å². The fourth-order valence-electron chi connectivity index (χ4n) is 2.90. The second-order valence-electron chi connectivity index (χ2n) is 6.28. The third-order valence-corrected chi connectivity index (χ3v) is 4.36. The molecule has 0 unspecified atom stereocenters. The molecule has 0 aliphatic carbocycles. The molecule has 2 aromatic carbocycles. The fourth-order valence-corrected chi connectivity index (χ4v) is 2.90. The Labute approximate surface area is 158 Å². The van der Waals surface area contributed by atoms with E-state index in [9.17, 15) is 0 Å². The summed E-state index contributed by atoms with van der Waals surface area (Å²) in [7, 11) is 0. The number of benzene rings is 2. The zero-order valence-corrected chi connectivity index (χ0v) is 15.0. The van der Waals surface area contributed by atoms with Crippen LogP contribution in [0, 0.1) is 0 Å². The van der Waals surface area contributed by atoms with Gasteiger partial charge in [-0.25, -0.2) is 9.97 Å². The molecule has 1 fully saturated rings. The number of nitrogens with zero attached hydrogens (tertiary/aromatic N) is 3. The van der Waals surface area contributed by atoms with Gasteiger partial charge in [0.1, 0.15) is 30.3 Å². The number of anilines is 3. The smallest absolute Gasteiger partial charge is 0.135 e. The van der Waals surface area contributed by atoms with Crippen LogP contribution in [0.25, 0.3) is 0 Å². The number of hydrogen-bond acceptors (Lipinski definition) is 6. The average Bonchev–Trinajstić information content (AvgIpc) is 2.75. The predicted molar refractivity (Wildman–Crippen MR) is 106 cm³/mol. The first-order chi connectivity index (χ1) is 13.4. The van der Waals surface area contributed by atoms with Crippen molar-refractivity contribution in [2.75, 3.05) is 36.5 Å². The second-order valence-corrected chi connectivity index (χ2v) is 6.28. The number of morpholine rings is 1. The summed E-state index contributed by atoms with van der Waals surface area (Å²) < 4.78 is 11.2. The van der Waals surface area contributed by atoms with E-state index in [0.29, 0.717) is 6.61 Å². The molecule has 0 radical (unpaired) electrons. The molecule has 0 atom stereocenters. The van der Waals surface area contributed by atoms with Crippen LogP contribution in [-0.4, -0.2) is 36.3 Å². The average molecular weight is 362 g/mol. The summed E-state index contributed by atoms with van der Waals surface area (Å²) in [4.78, 5) is 10.9. The molecule has 1 saturated heterocycles. The van der Waals surface area contributed by atoms with E-state index in [0.717, 1.165) is 54.9 Å². The van der Waals surface area contributed by atoms with Crippen LogP contribution in [0.1, 0.15) is 5.56 Å². The quantitative estimate of drug-likeness (QED) is 0.722. The van der Waals surface area contributed by atoms with Crippen molar-refractivity contribution in [3.63, 3.8) is 0 Å². The molecule has 0 spiro atoms. The molecule has 138 valence electrons. The highest BCUT2D eigenvalue weighted by Gasteiger charge is 2.13. The van der Waals surface area contributed by atoms with Crippen molar-refractivity contribution in [2.45, 2.75) is 6.61 Å². The zero-order chi connectivity index (χ0) is 18.3. The monoisotopic (exact) mass is 362 g/mol. The Morgan fingerprint density at radius 1 is 0.963 bits per heavy atom. The summed E-state index contributed by atoms with van der Waals surface area (Å²) in [6.45, 7) is 3.73. The van der Waals surface area contributed by atoms with E-state index in [4.69, 9.17) is 9.47 Å². The van der Waals surface area contributed by atoms with Crippen LogP contribution < -0.4 is 15.0 Å². The first-order valence-electron chi connectivity index (χ1n) is 9.05. The summed E-state index contributed by atoms with van der Waals surface area (Å²) in [6.07, 6.45) is 1.59. The van der Waals surface area contributed by atoms with Gasteiger partial charge in [0.2, 0.25) is 0 Å². The highest BCUT2D eigenvalue weighted by molar-refractivity contribution is 5.60. The van der Waals surface area contributed by atoms with E-state index in [1.807, 2.05) is 48.5 Å². The molecule has 1 N–H and O–H groups in total. The molecular formula is C21H22N4O2. The molecule has 0 bridgehead atoms. The summed E-state index contributed by atoms with van der Waals surface area (Å²) in [5.41, 5.74) is 2.10. The largest absolute Gasteiger partial charge is 0.489 e. The molecule has 1 aliphatic heterocycles. The lowest BCUT2D eigenvalue weighted by Crippen LogP contribution is -2.36. The molecule has 27 heavy (non-hydrogen) atoms. The van der Waals surface area contributed by atoms with E-state index >= 15 is 0 Å². The lowest BCUT2D eigenvalue weighted by atomic mass is 10.2. The van der Waals surface area contributed by atoms with Crippen molar-refractivity contribution in [1.82, 2.24) is 9.97 Å². The molecule has 4 rings (SSSR count). The van der Waals surface area contributed by atoms with Crippen molar-refractivity contribution in [1.29, 1.82) is 0 Å². The van der Waals surface area contributed by atoms with Gasteiger partial charge in [-0.3, -0.25) is 0 Å². The number of nitrogens with one attached hydrogen (secondary N) is 1. The molecule has 0 saturated carbocycles. The van der Waals surface area contributed by atoms with Crippen LogP contribution in [0.5, 0.6) is 5.75 Å². The van der Waals surface area contributed by atoms with Crippen molar-refractivity contribution < 1.29 is 9.47 Å². The van der Waals surface area contributed by atoms with Crippen molar-refractivity contribution in [2.24, 2.45) is 0 Å². The standard InChI is InChI=1S/C21H22N4O2/c1-2-4-17(5-3-1)15-27-19-8-6-18(7-9-19)24-20-14-21(23-16-22-20)25-10-12-26-13-11-25/h1-9,14,16H,10-13,15H2,(H,22,23,24). The maximum absolute atomic E-state index is 5.82. The Morgan fingerprint density at radius 3 is 2.52 bits per heavy atom. The minimum absolute atomic E-state index is 0.558. The van der Waals surface area contributed by atoms with E-state index in [1.165, 1.54) is 0 Å². The van der Waals surface area contributed by atoms with Gasteiger partial charge in [-0.15, -0.1) is 0 Å². The van der Waals surface area contributed by atoms with Crippen molar-refractivity contribution in [3.8, 4) is 5.75 Å². The van der Waals surface area contributed by atoms with Gasteiger partial charge >= 0.3 is 0 Å². The van der Waals surface area contributed by atoms with Crippen LogP contribution >= 0.6 is 0 Å². The van der Waals surface area contributed by atoms with Gasteiger partial charge in [0.15, 0.2) is 0 Å². The summed E-state index contributed by atoms with van der Waals surface area (Å²) in [5.74, 6) is 2.52. The van der Waals surface area contributed by atoms with Gasteiger partial charge in [-0.1, -0.05) is 30.3 Å². The highest BCUT2D eigenvalue weighted by Crippen LogP contribution is 2.22. The van der Waals surface area contributed by atoms with Crippen LogP contribution in [-0.2, 0) is 11.3 Å². The molecule has 2 heterocycles.